The van der Waals surface area contributed by atoms with Crippen LogP contribution in [0.3, 0.4) is 0 Å². The summed E-state index contributed by atoms with van der Waals surface area (Å²) < 4.78 is 12.3. The van der Waals surface area contributed by atoms with Crippen LogP contribution in [-0.4, -0.2) is 32.8 Å². The number of aromatic nitrogens is 4. The Morgan fingerprint density at radius 3 is 2.70 bits per heavy atom. The molecule has 0 aliphatic carbocycles. The first-order valence-corrected chi connectivity index (χ1v) is 8.41. The Hall–Kier alpha value is -3.39. The minimum absolute atomic E-state index is 0.0878. The summed E-state index contributed by atoms with van der Waals surface area (Å²) >= 11 is 5.91. The van der Waals surface area contributed by atoms with E-state index in [0.717, 1.165) is 5.69 Å². The fourth-order valence-electron chi connectivity index (χ4n) is 2.62. The number of carbonyl (C=O) groups excluding carboxylic acids is 1. The lowest BCUT2D eigenvalue weighted by atomic mass is 10.1. The number of anilines is 1. The number of benzene rings is 2. The third kappa shape index (κ3) is 3.47. The molecule has 0 spiro atoms. The van der Waals surface area contributed by atoms with Gasteiger partial charge in [-0.2, -0.15) is 4.68 Å². The number of ketones is 1. The molecule has 0 atom stereocenters. The Labute approximate surface area is 159 Å². The zero-order valence-electron chi connectivity index (χ0n) is 14.2. The molecule has 2 heterocycles. The summed E-state index contributed by atoms with van der Waals surface area (Å²) in [6, 6.07) is 10.5. The molecule has 0 unspecified atom stereocenters. The summed E-state index contributed by atoms with van der Waals surface area (Å²) in [6.45, 7) is 1.63. The SMILES string of the molecule is CC(=O)c1cc2c(cc1N/C=C\c1nnnn1-c1ccc(Cl)cc1)OCO2. The predicted octanol–water partition coefficient (Wildman–Crippen LogP) is 3.33. The lowest BCUT2D eigenvalue weighted by Crippen LogP contribution is -2.01. The van der Waals surface area contributed by atoms with Crippen molar-refractivity contribution >= 4 is 29.1 Å². The molecular weight excluding hydrogens is 370 g/mol. The summed E-state index contributed by atoms with van der Waals surface area (Å²) in [7, 11) is 0. The first kappa shape index (κ1) is 17.0. The molecule has 0 saturated heterocycles. The van der Waals surface area contributed by atoms with E-state index in [-0.39, 0.29) is 12.6 Å². The van der Waals surface area contributed by atoms with Crippen molar-refractivity contribution < 1.29 is 14.3 Å². The van der Waals surface area contributed by atoms with Crippen molar-refractivity contribution in [1.82, 2.24) is 20.2 Å². The van der Waals surface area contributed by atoms with Gasteiger partial charge in [-0.05, 0) is 47.7 Å². The molecule has 9 heteroatoms. The standard InChI is InChI=1S/C18H14ClN5O3/c1-11(25)14-8-16-17(27-10-26-16)9-15(14)20-7-6-18-21-22-23-24(18)13-4-2-12(19)3-5-13/h2-9,20H,10H2,1H3/b7-6-. The number of nitrogens with one attached hydrogen (secondary N) is 1. The number of carbonyl (C=O) groups is 1. The third-order valence-electron chi connectivity index (χ3n) is 3.93. The zero-order chi connectivity index (χ0) is 18.8. The number of fused-ring (bicyclic) bond motifs is 1. The maximum atomic E-state index is 11.9. The maximum Gasteiger partial charge on any atom is 0.231 e. The number of tetrazole rings is 1. The van der Waals surface area contributed by atoms with Crippen LogP contribution in [0.25, 0.3) is 11.8 Å². The van der Waals surface area contributed by atoms with Crippen molar-refractivity contribution in [3.05, 3.63) is 59.0 Å². The van der Waals surface area contributed by atoms with Crippen molar-refractivity contribution in [2.75, 3.05) is 12.1 Å². The molecular formula is C18H14ClN5O3. The van der Waals surface area contributed by atoms with Crippen LogP contribution in [0, 0.1) is 0 Å². The monoisotopic (exact) mass is 383 g/mol. The number of Topliss-reactive ketones (excluding diaryl/α,β-unsaturated/α-hetero) is 1. The van der Waals surface area contributed by atoms with Crippen molar-refractivity contribution in [3.63, 3.8) is 0 Å². The normalized spacial score (nSPS) is 12.5. The molecule has 1 aromatic heterocycles. The van der Waals surface area contributed by atoms with Gasteiger partial charge in [0.25, 0.3) is 0 Å². The topological polar surface area (TPSA) is 91.2 Å². The molecule has 136 valence electrons. The first-order chi connectivity index (χ1) is 13.1. The number of halogens is 1. The maximum absolute atomic E-state index is 11.9. The lowest BCUT2D eigenvalue weighted by molar-refractivity contribution is 0.101. The summed E-state index contributed by atoms with van der Waals surface area (Å²) in [5.74, 6) is 1.56. The second-order valence-corrected chi connectivity index (χ2v) is 6.15. The highest BCUT2D eigenvalue weighted by Crippen LogP contribution is 2.37. The van der Waals surface area contributed by atoms with Gasteiger partial charge in [-0.25, -0.2) is 0 Å². The van der Waals surface area contributed by atoms with Crippen molar-refractivity contribution in [2.45, 2.75) is 6.92 Å². The molecule has 0 fully saturated rings. The van der Waals surface area contributed by atoms with Gasteiger partial charge in [-0.15, -0.1) is 5.10 Å². The average molecular weight is 384 g/mol. The van der Waals surface area contributed by atoms with Gasteiger partial charge in [-0.1, -0.05) is 11.6 Å². The second kappa shape index (κ2) is 7.08. The second-order valence-electron chi connectivity index (χ2n) is 5.71. The zero-order valence-corrected chi connectivity index (χ0v) is 15.0. The van der Waals surface area contributed by atoms with E-state index < -0.39 is 0 Å². The van der Waals surface area contributed by atoms with Crippen LogP contribution >= 0.6 is 11.6 Å². The van der Waals surface area contributed by atoms with Crippen LogP contribution in [0.15, 0.2) is 42.6 Å². The molecule has 4 rings (SSSR count). The molecule has 1 aliphatic rings. The highest BCUT2D eigenvalue weighted by atomic mass is 35.5. The summed E-state index contributed by atoms with van der Waals surface area (Å²) in [5.41, 5.74) is 1.88. The van der Waals surface area contributed by atoms with Crippen molar-refractivity contribution in [1.29, 1.82) is 0 Å². The molecule has 27 heavy (non-hydrogen) atoms. The number of hydrogen-bond acceptors (Lipinski definition) is 7. The number of nitrogens with zero attached hydrogens (tertiary/aromatic N) is 4. The largest absolute Gasteiger partial charge is 0.454 e. The van der Waals surface area contributed by atoms with Gasteiger partial charge in [0, 0.05) is 28.9 Å². The van der Waals surface area contributed by atoms with Crippen LogP contribution in [0.1, 0.15) is 23.1 Å². The van der Waals surface area contributed by atoms with Crippen LogP contribution in [0.5, 0.6) is 11.5 Å². The smallest absolute Gasteiger partial charge is 0.231 e. The van der Waals surface area contributed by atoms with Crippen LogP contribution in [0.2, 0.25) is 5.02 Å². The number of hydrogen-bond donors (Lipinski definition) is 1. The van der Waals surface area contributed by atoms with Gasteiger partial charge < -0.3 is 14.8 Å². The minimum Gasteiger partial charge on any atom is -0.454 e. The highest BCUT2D eigenvalue weighted by molar-refractivity contribution is 6.30. The predicted molar refractivity (Wildman–Crippen MR) is 99.4 cm³/mol. The Bertz CT molecular complexity index is 1030. The molecule has 8 nitrogen and oxygen atoms in total. The van der Waals surface area contributed by atoms with Crippen LogP contribution in [0.4, 0.5) is 5.69 Å². The van der Waals surface area contributed by atoms with E-state index in [1.54, 1.807) is 41.2 Å². The van der Waals surface area contributed by atoms with E-state index in [0.29, 0.717) is 33.6 Å². The van der Waals surface area contributed by atoms with E-state index in [4.69, 9.17) is 21.1 Å². The third-order valence-corrected chi connectivity index (χ3v) is 4.18. The van der Waals surface area contributed by atoms with E-state index >= 15 is 0 Å². The molecule has 0 bridgehead atoms. The lowest BCUT2D eigenvalue weighted by Gasteiger charge is -2.08. The van der Waals surface area contributed by atoms with Gasteiger partial charge in [0.05, 0.1) is 11.4 Å². The molecule has 1 aliphatic heterocycles. The van der Waals surface area contributed by atoms with Crippen molar-refractivity contribution in [3.8, 4) is 17.2 Å². The van der Waals surface area contributed by atoms with E-state index in [1.165, 1.54) is 6.92 Å². The van der Waals surface area contributed by atoms with Gasteiger partial charge in [-0.3, -0.25) is 4.79 Å². The molecule has 0 radical (unpaired) electrons. The Balaban J connectivity index is 1.58. The van der Waals surface area contributed by atoms with E-state index in [2.05, 4.69) is 20.8 Å². The summed E-state index contributed by atoms with van der Waals surface area (Å²) in [5, 5.41) is 15.4. The van der Waals surface area contributed by atoms with Gasteiger partial charge in [0.2, 0.25) is 6.79 Å². The summed E-state index contributed by atoms with van der Waals surface area (Å²) in [6.07, 6.45) is 3.35. The van der Waals surface area contributed by atoms with Gasteiger partial charge in [0.1, 0.15) is 0 Å². The summed E-state index contributed by atoms with van der Waals surface area (Å²) in [4.78, 5) is 11.9. The van der Waals surface area contributed by atoms with Crippen LogP contribution in [-0.2, 0) is 0 Å². The molecule has 3 aromatic rings. The van der Waals surface area contributed by atoms with Gasteiger partial charge >= 0.3 is 0 Å². The Morgan fingerprint density at radius 2 is 1.96 bits per heavy atom. The quantitative estimate of drug-likeness (QED) is 0.675. The van der Waals surface area contributed by atoms with Gasteiger partial charge in [0.15, 0.2) is 23.1 Å². The molecule has 2 aromatic carbocycles. The average Bonchev–Trinajstić information content (AvgIpc) is 3.30. The van der Waals surface area contributed by atoms with Crippen LogP contribution < -0.4 is 14.8 Å². The first-order valence-electron chi connectivity index (χ1n) is 8.04. The number of ether oxygens (including phenoxy) is 2. The number of rotatable bonds is 5. The van der Waals surface area contributed by atoms with E-state index in [9.17, 15) is 4.79 Å². The Kier molecular flexibility index (Phi) is 4.47. The fourth-order valence-corrected chi connectivity index (χ4v) is 2.75. The molecule has 0 amide bonds. The molecule has 0 saturated carbocycles. The van der Waals surface area contributed by atoms with E-state index in [1.807, 2.05) is 12.1 Å². The highest BCUT2D eigenvalue weighted by Gasteiger charge is 2.18. The fraction of sp³-hybridized carbons (Fsp3) is 0.111. The molecule has 1 N–H and O–H groups in total. The van der Waals surface area contributed by atoms with Crippen molar-refractivity contribution in [2.24, 2.45) is 0 Å². The minimum atomic E-state index is -0.0878. The Morgan fingerprint density at radius 1 is 1.22 bits per heavy atom.